The summed E-state index contributed by atoms with van der Waals surface area (Å²) < 4.78 is 65.5. The second-order valence-corrected chi connectivity index (χ2v) is 6.78. The number of rotatable bonds is 3. The maximum absolute atomic E-state index is 13.4. The van der Waals surface area contributed by atoms with E-state index in [-0.39, 0.29) is 28.7 Å². The first-order chi connectivity index (χ1) is 14.6. The number of H-pyrrole nitrogens is 1. The van der Waals surface area contributed by atoms with Crippen LogP contribution in [0.15, 0.2) is 53.5 Å². The molecule has 2 aromatic carbocycles. The van der Waals surface area contributed by atoms with Crippen LogP contribution >= 0.6 is 0 Å². The fraction of sp³-hybridized carbons (Fsp3) is 0.0952. The average molecular weight is 433 g/mol. The number of aromatic amines is 1. The third kappa shape index (κ3) is 4.23. The zero-order valence-electron chi connectivity index (χ0n) is 15.5. The third-order valence-corrected chi connectivity index (χ3v) is 4.53. The topological polar surface area (TPSA) is 78.9 Å². The summed E-state index contributed by atoms with van der Waals surface area (Å²) >= 11 is 0. The van der Waals surface area contributed by atoms with E-state index in [9.17, 15) is 31.9 Å². The number of aromatic nitrogens is 3. The van der Waals surface area contributed by atoms with Crippen LogP contribution in [0.1, 0.15) is 17.0 Å². The Morgan fingerprint density at radius 2 is 1.71 bits per heavy atom. The maximum atomic E-state index is 13.4. The number of pyridine rings is 1. The number of aromatic hydroxyl groups is 1. The van der Waals surface area contributed by atoms with E-state index in [1.807, 2.05) is 0 Å². The standard InChI is InChI=1S/C21H12F5N3O2/c22-12-4-11(5-13(23)6-12)16-2-1-10(9-27-16)3-19-28-17-8-18(30)15(21(24,25)26)7-14(17)20(31)29-19/h1-2,4-9,30H,3H2,(H,28,29,31). The summed E-state index contributed by atoms with van der Waals surface area (Å²) in [4.78, 5) is 22.9. The van der Waals surface area contributed by atoms with Gasteiger partial charge < -0.3 is 10.1 Å². The summed E-state index contributed by atoms with van der Waals surface area (Å²) in [5.74, 6) is -2.37. The minimum atomic E-state index is -4.82. The van der Waals surface area contributed by atoms with Crippen molar-refractivity contribution in [3.8, 4) is 17.0 Å². The quantitative estimate of drug-likeness (QED) is 0.464. The van der Waals surface area contributed by atoms with Crippen LogP contribution in [0.25, 0.3) is 22.2 Å². The van der Waals surface area contributed by atoms with Gasteiger partial charge in [-0.3, -0.25) is 9.78 Å². The average Bonchev–Trinajstić information content (AvgIpc) is 2.66. The van der Waals surface area contributed by atoms with E-state index in [4.69, 9.17) is 0 Å². The molecule has 0 radical (unpaired) electrons. The number of hydrogen-bond acceptors (Lipinski definition) is 4. The minimum absolute atomic E-state index is 0.0811. The molecule has 4 rings (SSSR count). The van der Waals surface area contributed by atoms with Gasteiger partial charge in [0.25, 0.3) is 5.56 Å². The van der Waals surface area contributed by atoms with E-state index in [1.54, 1.807) is 6.07 Å². The molecule has 158 valence electrons. The summed E-state index contributed by atoms with van der Waals surface area (Å²) in [6.07, 6.45) is -3.31. The lowest BCUT2D eigenvalue weighted by atomic mass is 10.1. The van der Waals surface area contributed by atoms with E-state index in [0.717, 1.165) is 24.3 Å². The molecule has 4 aromatic rings. The molecular weight excluding hydrogens is 421 g/mol. The minimum Gasteiger partial charge on any atom is -0.507 e. The number of phenols is 1. The summed E-state index contributed by atoms with van der Waals surface area (Å²) in [5, 5.41) is 9.35. The number of hydrogen-bond donors (Lipinski definition) is 2. The van der Waals surface area contributed by atoms with Gasteiger partial charge in [-0.2, -0.15) is 13.2 Å². The molecule has 2 aromatic heterocycles. The SMILES string of the molecule is O=c1[nH]c(Cc2ccc(-c3cc(F)cc(F)c3)nc2)nc2cc(O)c(C(F)(F)F)cc12. The van der Waals surface area contributed by atoms with Crippen LogP contribution in [0.4, 0.5) is 22.0 Å². The molecule has 0 aliphatic heterocycles. The molecule has 0 saturated heterocycles. The van der Waals surface area contributed by atoms with Crippen LogP contribution in [0.5, 0.6) is 5.75 Å². The van der Waals surface area contributed by atoms with Crippen molar-refractivity contribution in [3.05, 3.63) is 87.6 Å². The highest BCUT2D eigenvalue weighted by atomic mass is 19.4. The van der Waals surface area contributed by atoms with Crippen molar-refractivity contribution in [1.29, 1.82) is 0 Å². The molecule has 0 fully saturated rings. The van der Waals surface area contributed by atoms with Crippen molar-refractivity contribution < 1.29 is 27.1 Å². The summed E-state index contributed by atoms with van der Waals surface area (Å²) in [6, 6.07) is 7.49. The fourth-order valence-corrected chi connectivity index (χ4v) is 3.13. The fourth-order valence-electron chi connectivity index (χ4n) is 3.13. The van der Waals surface area contributed by atoms with Gasteiger partial charge in [0.15, 0.2) is 0 Å². The van der Waals surface area contributed by atoms with Crippen molar-refractivity contribution in [3.63, 3.8) is 0 Å². The Hall–Kier alpha value is -3.82. The molecular formula is C21H12F5N3O2. The molecule has 31 heavy (non-hydrogen) atoms. The number of nitrogens with zero attached hydrogens (tertiary/aromatic N) is 2. The molecule has 0 atom stereocenters. The predicted molar refractivity (Wildman–Crippen MR) is 101 cm³/mol. The zero-order chi connectivity index (χ0) is 22.3. The van der Waals surface area contributed by atoms with Crippen molar-refractivity contribution in [2.75, 3.05) is 0 Å². The van der Waals surface area contributed by atoms with Crippen LogP contribution in [-0.2, 0) is 12.6 Å². The van der Waals surface area contributed by atoms with Gasteiger partial charge >= 0.3 is 6.18 Å². The van der Waals surface area contributed by atoms with Gasteiger partial charge in [-0.1, -0.05) is 6.07 Å². The van der Waals surface area contributed by atoms with Crippen LogP contribution in [0, 0.1) is 11.6 Å². The van der Waals surface area contributed by atoms with Crippen LogP contribution < -0.4 is 5.56 Å². The first-order valence-electron chi connectivity index (χ1n) is 8.84. The van der Waals surface area contributed by atoms with Crippen molar-refractivity contribution >= 4 is 10.9 Å². The van der Waals surface area contributed by atoms with E-state index < -0.39 is 34.7 Å². The molecule has 2 heterocycles. The van der Waals surface area contributed by atoms with E-state index in [1.165, 1.54) is 12.3 Å². The molecule has 0 bridgehead atoms. The van der Waals surface area contributed by atoms with Gasteiger partial charge in [0.1, 0.15) is 23.2 Å². The predicted octanol–water partition coefficient (Wildman–Crippen LogP) is 4.58. The molecule has 0 aliphatic carbocycles. The number of fused-ring (bicyclic) bond motifs is 1. The monoisotopic (exact) mass is 433 g/mol. The highest BCUT2D eigenvalue weighted by Gasteiger charge is 2.34. The number of alkyl halides is 3. The van der Waals surface area contributed by atoms with Gasteiger partial charge in [0, 0.05) is 30.3 Å². The van der Waals surface area contributed by atoms with Gasteiger partial charge in [-0.05, 0) is 29.8 Å². The van der Waals surface area contributed by atoms with Crippen molar-refractivity contribution in [2.24, 2.45) is 0 Å². The second-order valence-electron chi connectivity index (χ2n) is 6.78. The number of nitrogens with one attached hydrogen (secondary N) is 1. The van der Waals surface area contributed by atoms with E-state index in [2.05, 4.69) is 15.0 Å². The van der Waals surface area contributed by atoms with E-state index >= 15 is 0 Å². The normalized spacial score (nSPS) is 11.8. The number of phenolic OH excluding ortho intramolecular Hbond substituents is 1. The smallest absolute Gasteiger partial charge is 0.419 e. The summed E-state index contributed by atoms with van der Waals surface area (Å²) in [6.45, 7) is 0. The molecule has 0 saturated carbocycles. The third-order valence-electron chi connectivity index (χ3n) is 4.53. The molecule has 2 N–H and O–H groups in total. The number of benzene rings is 2. The maximum Gasteiger partial charge on any atom is 0.419 e. The highest BCUT2D eigenvalue weighted by Crippen LogP contribution is 2.37. The first kappa shape index (κ1) is 20.5. The van der Waals surface area contributed by atoms with Gasteiger partial charge in [0.05, 0.1) is 22.2 Å². The van der Waals surface area contributed by atoms with Gasteiger partial charge in [-0.15, -0.1) is 0 Å². The Kier molecular flexibility index (Phi) is 4.92. The molecule has 0 aliphatic rings. The van der Waals surface area contributed by atoms with Crippen molar-refractivity contribution in [1.82, 2.24) is 15.0 Å². The van der Waals surface area contributed by atoms with E-state index in [0.29, 0.717) is 17.3 Å². The zero-order valence-corrected chi connectivity index (χ0v) is 15.5. The van der Waals surface area contributed by atoms with Crippen LogP contribution in [0.3, 0.4) is 0 Å². The Bertz CT molecular complexity index is 1330. The molecule has 0 amide bonds. The molecule has 0 unspecified atom stereocenters. The summed E-state index contributed by atoms with van der Waals surface area (Å²) in [7, 11) is 0. The second kappa shape index (κ2) is 7.46. The lowest BCUT2D eigenvalue weighted by molar-refractivity contribution is -0.138. The van der Waals surface area contributed by atoms with Gasteiger partial charge in [-0.25, -0.2) is 13.8 Å². The largest absolute Gasteiger partial charge is 0.507 e. The van der Waals surface area contributed by atoms with Crippen molar-refractivity contribution in [2.45, 2.75) is 12.6 Å². The van der Waals surface area contributed by atoms with Gasteiger partial charge in [0.2, 0.25) is 0 Å². The Balaban J connectivity index is 1.65. The molecule has 5 nitrogen and oxygen atoms in total. The highest BCUT2D eigenvalue weighted by molar-refractivity contribution is 5.80. The Labute approximate surface area is 170 Å². The first-order valence-corrected chi connectivity index (χ1v) is 8.84. The van der Waals surface area contributed by atoms with Crippen LogP contribution in [-0.4, -0.2) is 20.1 Å². The molecule has 10 heteroatoms. The summed E-state index contributed by atoms with van der Waals surface area (Å²) in [5.41, 5.74) is -1.05. The Morgan fingerprint density at radius 3 is 2.32 bits per heavy atom. The lowest BCUT2D eigenvalue weighted by Crippen LogP contribution is -2.14. The molecule has 0 spiro atoms. The number of halogens is 5. The lowest BCUT2D eigenvalue weighted by Gasteiger charge is -2.10. The van der Waals surface area contributed by atoms with Crippen LogP contribution in [0.2, 0.25) is 0 Å². The Morgan fingerprint density at radius 1 is 1.00 bits per heavy atom.